The Morgan fingerprint density at radius 3 is 2.25 bits per heavy atom. The molecular weight excluding hydrogens is 301 g/mol. The van der Waals surface area contributed by atoms with Crippen molar-refractivity contribution in [2.75, 3.05) is 0 Å². The first-order valence-corrected chi connectivity index (χ1v) is 4.55. The fourth-order valence-corrected chi connectivity index (χ4v) is 1.40. The highest BCUT2D eigenvalue weighted by molar-refractivity contribution is 9.10. The summed E-state index contributed by atoms with van der Waals surface area (Å²) in [5, 5.41) is -2.52. The average molecular weight is 304 g/mol. The van der Waals surface area contributed by atoms with Gasteiger partial charge in [-0.1, -0.05) is 24.9 Å². The molecule has 0 fully saturated rings. The minimum Gasteiger partial charge on any atom is -0.285 e. The van der Waals surface area contributed by atoms with Crippen molar-refractivity contribution in [2.24, 2.45) is 0 Å². The second-order valence-electron chi connectivity index (χ2n) is 2.76. The number of hydrogen-bond donors (Lipinski definition) is 0. The van der Waals surface area contributed by atoms with E-state index in [2.05, 4.69) is 15.9 Å². The van der Waals surface area contributed by atoms with Gasteiger partial charge in [0.1, 0.15) is 5.82 Å². The second-order valence-corrected chi connectivity index (χ2v) is 3.68. The Bertz CT molecular complexity index is 403. The molecule has 0 N–H and O–H groups in total. The maximum atomic E-state index is 12.7. The van der Waals surface area contributed by atoms with Gasteiger partial charge in [0.25, 0.3) is 5.78 Å². The van der Waals surface area contributed by atoms with E-state index in [4.69, 9.17) is 0 Å². The Labute approximate surface area is 94.6 Å². The summed E-state index contributed by atoms with van der Waals surface area (Å²) >= 11 is 2.75. The minimum absolute atomic E-state index is 0.00378. The van der Waals surface area contributed by atoms with E-state index in [1.807, 2.05) is 0 Å². The largest absolute Gasteiger partial charge is 0.420 e. The normalized spacial score (nSPS) is 11.9. The fraction of sp³-hybridized carbons (Fsp3) is 0.125. The summed E-state index contributed by atoms with van der Waals surface area (Å²) in [4.78, 5) is 11.0. The van der Waals surface area contributed by atoms with Crippen molar-refractivity contribution in [3.05, 3.63) is 34.1 Å². The van der Waals surface area contributed by atoms with Gasteiger partial charge in [0.05, 0.1) is 5.34 Å². The molecule has 0 saturated heterocycles. The number of carbonyl (C=O) groups excluding carboxylic acids is 1. The van der Waals surface area contributed by atoms with Crippen LogP contribution in [-0.2, 0) is 0 Å². The van der Waals surface area contributed by atoms with Crippen molar-refractivity contribution in [3.63, 3.8) is 0 Å². The van der Waals surface area contributed by atoms with Crippen LogP contribution >= 0.6 is 15.9 Å². The van der Waals surface area contributed by atoms with Gasteiger partial charge in [0.15, 0.2) is 0 Å². The third kappa shape index (κ3) is 2.56. The topological polar surface area (TPSA) is 20.3 Å². The zero-order valence-electron chi connectivity index (χ0n) is 7.36. The summed E-state index contributed by atoms with van der Waals surface area (Å²) in [6.45, 7) is 0. The zero-order chi connectivity index (χ0) is 12.5. The lowest BCUT2D eigenvalue weighted by Crippen LogP contribution is -2.38. The van der Waals surface area contributed by atoms with Gasteiger partial charge < -0.3 is 0 Å². The Morgan fingerprint density at radius 2 is 1.81 bits per heavy atom. The van der Waals surface area contributed by atoms with E-state index in [1.165, 1.54) is 0 Å². The molecule has 0 bridgehead atoms. The van der Waals surface area contributed by atoms with E-state index >= 15 is 0 Å². The number of Topliss-reactive ketones (excluding diaryl/α,β-unsaturated/α-hetero) is 1. The highest BCUT2D eigenvalue weighted by Gasteiger charge is 2.48. The van der Waals surface area contributed by atoms with Gasteiger partial charge in [-0.15, -0.1) is 0 Å². The maximum Gasteiger partial charge on any atom is 0.420 e. The lowest BCUT2D eigenvalue weighted by Gasteiger charge is -2.14. The molecule has 0 saturated carbocycles. The first kappa shape index (κ1) is 13.0. The molecular formula is C8H3BrF5NO. The van der Waals surface area contributed by atoms with Crippen LogP contribution in [0.4, 0.5) is 22.1 Å². The first-order chi connectivity index (χ1) is 7.25. The summed E-state index contributed by atoms with van der Waals surface area (Å²) in [6, 6.07) is -2.81. The Hall–Kier alpha value is -1.02. The lowest BCUT2D eigenvalue weighted by atomic mass is 10.1. The molecule has 0 aromatic heterocycles. The molecule has 16 heavy (non-hydrogen) atoms. The summed E-state index contributed by atoms with van der Waals surface area (Å²) in [6.07, 6.45) is 0. The summed E-state index contributed by atoms with van der Waals surface area (Å²) < 4.78 is 61.3. The van der Waals surface area contributed by atoms with Crippen LogP contribution in [0.2, 0.25) is 0 Å². The SMILES string of the molecule is O=C(c1cc(F)cc(Br)c1)C(F)(F)N(F)F. The van der Waals surface area contributed by atoms with Gasteiger partial charge in [0, 0.05) is 10.0 Å². The third-order valence-corrected chi connectivity index (χ3v) is 2.07. The van der Waals surface area contributed by atoms with Crippen molar-refractivity contribution in [2.45, 2.75) is 6.05 Å². The highest BCUT2D eigenvalue weighted by Crippen LogP contribution is 2.27. The van der Waals surface area contributed by atoms with Crippen LogP contribution in [0.15, 0.2) is 22.7 Å². The molecule has 0 radical (unpaired) electrons. The van der Waals surface area contributed by atoms with Crippen LogP contribution in [0.1, 0.15) is 10.4 Å². The Kier molecular flexibility index (Phi) is 3.64. The molecule has 0 aliphatic heterocycles. The molecule has 0 unspecified atom stereocenters. The molecule has 0 aliphatic carbocycles. The molecule has 1 rings (SSSR count). The van der Waals surface area contributed by atoms with E-state index in [1.54, 1.807) is 0 Å². The highest BCUT2D eigenvalue weighted by atomic mass is 79.9. The van der Waals surface area contributed by atoms with Gasteiger partial charge in [0.2, 0.25) is 0 Å². The van der Waals surface area contributed by atoms with Crippen molar-refractivity contribution < 1.29 is 26.9 Å². The van der Waals surface area contributed by atoms with E-state index in [0.29, 0.717) is 6.07 Å². The molecule has 0 aliphatic rings. The first-order valence-electron chi connectivity index (χ1n) is 3.75. The Morgan fingerprint density at radius 1 is 1.25 bits per heavy atom. The van der Waals surface area contributed by atoms with Gasteiger partial charge in [-0.05, 0) is 18.2 Å². The number of carbonyl (C=O) groups is 1. The van der Waals surface area contributed by atoms with Crippen LogP contribution in [0, 0.1) is 5.82 Å². The quantitative estimate of drug-likeness (QED) is 0.369. The smallest absolute Gasteiger partial charge is 0.285 e. The molecule has 0 atom stereocenters. The second kappa shape index (κ2) is 4.46. The Balaban J connectivity index is 3.15. The van der Waals surface area contributed by atoms with Gasteiger partial charge in [-0.2, -0.15) is 8.78 Å². The monoisotopic (exact) mass is 303 g/mol. The third-order valence-electron chi connectivity index (χ3n) is 1.61. The summed E-state index contributed by atoms with van der Waals surface area (Å²) in [7, 11) is 0. The molecule has 0 spiro atoms. The minimum atomic E-state index is -4.98. The molecule has 88 valence electrons. The number of rotatable bonds is 3. The van der Waals surface area contributed by atoms with Crippen molar-refractivity contribution >= 4 is 21.7 Å². The van der Waals surface area contributed by atoms with Crippen LogP contribution < -0.4 is 0 Å². The fourth-order valence-electron chi connectivity index (χ4n) is 0.935. The summed E-state index contributed by atoms with van der Waals surface area (Å²) in [5.41, 5.74) is -0.850. The van der Waals surface area contributed by atoms with Crippen molar-refractivity contribution in [1.82, 2.24) is 5.34 Å². The number of hydrogen-bond acceptors (Lipinski definition) is 2. The van der Waals surface area contributed by atoms with E-state index < -0.39 is 28.6 Å². The van der Waals surface area contributed by atoms with Crippen LogP contribution in [0.3, 0.4) is 0 Å². The van der Waals surface area contributed by atoms with Crippen LogP contribution in [0.25, 0.3) is 0 Å². The maximum absolute atomic E-state index is 12.7. The van der Waals surface area contributed by atoms with E-state index in [9.17, 15) is 26.9 Å². The average Bonchev–Trinajstić information content (AvgIpc) is 2.14. The number of ketones is 1. The molecule has 1 aromatic rings. The van der Waals surface area contributed by atoms with Crippen LogP contribution in [0.5, 0.6) is 0 Å². The molecule has 8 heteroatoms. The number of halogens is 6. The lowest BCUT2D eigenvalue weighted by molar-refractivity contribution is -0.304. The predicted molar refractivity (Wildman–Crippen MR) is 47.4 cm³/mol. The zero-order valence-corrected chi connectivity index (χ0v) is 8.94. The molecule has 0 amide bonds. The molecule has 2 nitrogen and oxygen atoms in total. The standard InChI is InChI=1S/C8H3BrF5NO/c9-5-1-4(2-6(10)3-5)7(16)8(11,12)15(13)14/h1-3H. The van der Waals surface area contributed by atoms with Crippen molar-refractivity contribution in [3.8, 4) is 0 Å². The van der Waals surface area contributed by atoms with Gasteiger partial charge in [-0.3, -0.25) is 4.79 Å². The number of benzene rings is 1. The number of nitrogens with zero attached hydrogens (tertiary/aromatic N) is 1. The van der Waals surface area contributed by atoms with Crippen LogP contribution in [-0.4, -0.2) is 17.2 Å². The van der Waals surface area contributed by atoms with E-state index in [0.717, 1.165) is 12.1 Å². The van der Waals surface area contributed by atoms with Crippen molar-refractivity contribution in [1.29, 1.82) is 0 Å². The van der Waals surface area contributed by atoms with E-state index in [-0.39, 0.29) is 4.47 Å². The number of alkyl halides is 2. The van der Waals surface area contributed by atoms with Gasteiger partial charge in [-0.25, -0.2) is 4.39 Å². The molecule has 1 aromatic carbocycles. The summed E-state index contributed by atoms with van der Waals surface area (Å²) in [5.74, 6) is -3.17. The van der Waals surface area contributed by atoms with Gasteiger partial charge >= 0.3 is 6.05 Å². The molecule has 0 heterocycles. The predicted octanol–water partition coefficient (Wildman–Crippen LogP) is 3.43.